The summed E-state index contributed by atoms with van der Waals surface area (Å²) in [6.07, 6.45) is 6.33. The summed E-state index contributed by atoms with van der Waals surface area (Å²) in [4.78, 5) is 0. The molecule has 0 bridgehead atoms. The van der Waals surface area contributed by atoms with Crippen LogP contribution in [0.2, 0.25) is 0 Å². The second kappa shape index (κ2) is 5.89. The molecule has 1 unspecified atom stereocenters. The van der Waals surface area contributed by atoms with E-state index in [2.05, 4.69) is 0 Å². The number of halogens is 2. The second-order valence-electron chi connectivity index (χ2n) is 6.03. The number of ether oxygens (including phenoxy) is 2. The van der Waals surface area contributed by atoms with Gasteiger partial charge in [0.2, 0.25) is 0 Å². The van der Waals surface area contributed by atoms with Crippen LogP contribution in [0.25, 0.3) is 0 Å². The average Bonchev–Trinajstić information content (AvgIpc) is 3.08. The Kier molecular flexibility index (Phi) is 4.13. The summed E-state index contributed by atoms with van der Waals surface area (Å²) < 4.78 is 38.8. The van der Waals surface area contributed by atoms with Crippen LogP contribution < -0.4 is 4.74 Å². The van der Waals surface area contributed by atoms with E-state index in [1.54, 1.807) is 0 Å². The van der Waals surface area contributed by atoms with Crippen molar-refractivity contribution in [1.29, 1.82) is 0 Å². The number of benzene rings is 1. The topological polar surface area (TPSA) is 38.7 Å². The maximum absolute atomic E-state index is 13.7. The standard InChI is InChI=1S/C16H20F2O3/c17-13-7-11(9-19)8-14(18)15(13)20-10-12-3-6-16(21-12)4-1-2-5-16/h7-8,12,19H,1-6,9-10H2. The van der Waals surface area contributed by atoms with Crippen LogP contribution in [0.5, 0.6) is 5.75 Å². The van der Waals surface area contributed by atoms with E-state index in [0.29, 0.717) is 0 Å². The molecule has 1 atom stereocenters. The van der Waals surface area contributed by atoms with Gasteiger partial charge in [0.05, 0.1) is 18.3 Å². The predicted molar refractivity (Wildman–Crippen MR) is 73.1 cm³/mol. The van der Waals surface area contributed by atoms with Gasteiger partial charge in [-0.25, -0.2) is 8.78 Å². The Morgan fingerprint density at radius 2 is 1.86 bits per heavy atom. The minimum absolute atomic E-state index is 0.00807. The molecule has 1 aliphatic carbocycles. The molecule has 2 aliphatic rings. The van der Waals surface area contributed by atoms with E-state index >= 15 is 0 Å². The van der Waals surface area contributed by atoms with Crippen LogP contribution >= 0.6 is 0 Å². The van der Waals surface area contributed by atoms with Gasteiger partial charge in [-0.1, -0.05) is 12.8 Å². The van der Waals surface area contributed by atoms with Crippen LogP contribution in [0.1, 0.15) is 44.1 Å². The highest BCUT2D eigenvalue weighted by molar-refractivity contribution is 5.31. The molecule has 1 N–H and O–H groups in total. The van der Waals surface area contributed by atoms with Gasteiger partial charge in [-0.05, 0) is 43.4 Å². The predicted octanol–water partition coefficient (Wildman–Crippen LogP) is 3.33. The highest BCUT2D eigenvalue weighted by Gasteiger charge is 2.42. The van der Waals surface area contributed by atoms with Gasteiger partial charge in [0.15, 0.2) is 17.4 Å². The summed E-state index contributed by atoms with van der Waals surface area (Å²) in [5.41, 5.74) is 0.186. The molecule has 1 aromatic carbocycles. The summed E-state index contributed by atoms with van der Waals surface area (Å²) in [7, 11) is 0. The molecule has 3 nitrogen and oxygen atoms in total. The van der Waals surface area contributed by atoms with Crippen molar-refractivity contribution in [3.63, 3.8) is 0 Å². The molecule has 3 rings (SSSR count). The molecule has 1 saturated heterocycles. The first kappa shape index (κ1) is 14.7. The fourth-order valence-electron chi connectivity index (χ4n) is 3.42. The maximum atomic E-state index is 13.7. The number of aliphatic hydroxyl groups excluding tert-OH is 1. The summed E-state index contributed by atoms with van der Waals surface area (Å²) in [5.74, 6) is -1.96. The van der Waals surface area contributed by atoms with Gasteiger partial charge >= 0.3 is 0 Å². The molecule has 1 saturated carbocycles. The van der Waals surface area contributed by atoms with E-state index in [4.69, 9.17) is 14.6 Å². The quantitative estimate of drug-likeness (QED) is 0.926. The Morgan fingerprint density at radius 1 is 1.19 bits per heavy atom. The molecule has 1 spiro atoms. The Bertz CT molecular complexity index is 489. The number of hydrogen-bond donors (Lipinski definition) is 1. The second-order valence-corrected chi connectivity index (χ2v) is 6.03. The third-order valence-electron chi connectivity index (χ3n) is 4.51. The van der Waals surface area contributed by atoms with Gasteiger partial charge < -0.3 is 14.6 Å². The highest BCUT2D eigenvalue weighted by Crippen LogP contribution is 2.43. The van der Waals surface area contributed by atoms with Gasteiger partial charge in [0.1, 0.15) is 6.61 Å². The van der Waals surface area contributed by atoms with Crippen molar-refractivity contribution in [2.24, 2.45) is 0 Å². The van der Waals surface area contributed by atoms with E-state index in [1.807, 2.05) is 0 Å². The van der Waals surface area contributed by atoms with Gasteiger partial charge in [-0.15, -0.1) is 0 Å². The highest BCUT2D eigenvalue weighted by atomic mass is 19.1. The van der Waals surface area contributed by atoms with Crippen molar-refractivity contribution in [3.8, 4) is 5.75 Å². The largest absolute Gasteiger partial charge is 0.485 e. The van der Waals surface area contributed by atoms with Crippen molar-refractivity contribution >= 4 is 0 Å². The molecule has 1 aliphatic heterocycles. The monoisotopic (exact) mass is 298 g/mol. The Labute approximate surface area is 122 Å². The summed E-state index contributed by atoms with van der Waals surface area (Å²) >= 11 is 0. The Morgan fingerprint density at radius 3 is 2.48 bits per heavy atom. The smallest absolute Gasteiger partial charge is 0.190 e. The van der Waals surface area contributed by atoms with Crippen molar-refractivity contribution in [2.75, 3.05) is 6.61 Å². The number of hydrogen-bond acceptors (Lipinski definition) is 3. The zero-order chi connectivity index (χ0) is 14.9. The lowest BCUT2D eigenvalue weighted by molar-refractivity contribution is -0.0515. The SMILES string of the molecule is OCc1cc(F)c(OCC2CCC3(CCCC3)O2)c(F)c1. The molecule has 21 heavy (non-hydrogen) atoms. The molecular weight excluding hydrogens is 278 g/mol. The lowest BCUT2D eigenvalue weighted by Gasteiger charge is -2.23. The van der Waals surface area contributed by atoms with Crippen LogP contribution in [-0.2, 0) is 11.3 Å². The van der Waals surface area contributed by atoms with Crippen molar-refractivity contribution in [2.45, 2.75) is 56.8 Å². The lowest BCUT2D eigenvalue weighted by atomic mass is 9.98. The first-order chi connectivity index (χ1) is 10.1. The molecule has 0 aromatic heterocycles. The molecule has 116 valence electrons. The minimum Gasteiger partial charge on any atom is -0.485 e. The fourth-order valence-corrected chi connectivity index (χ4v) is 3.42. The maximum Gasteiger partial charge on any atom is 0.190 e. The van der Waals surface area contributed by atoms with E-state index in [0.717, 1.165) is 37.8 Å². The van der Waals surface area contributed by atoms with Gasteiger partial charge in [0, 0.05) is 0 Å². The van der Waals surface area contributed by atoms with Crippen LogP contribution in [0, 0.1) is 11.6 Å². The molecule has 0 radical (unpaired) electrons. The van der Waals surface area contributed by atoms with Crippen LogP contribution in [-0.4, -0.2) is 23.4 Å². The van der Waals surface area contributed by atoms with Gasteiger partial charge in [0.25, 0.3) is 0 Å². The van der Waals surface area contributed by atoms with Crippen LogP contribution in [0.3, 0.4) is 0 Å². The molecule has 5 heteroatoms. The summed E-state index contributed by atoms with van der Waals surface area (Å²) in [6, 6.07) is 2.18. The summed E-state index contributed by atoms with van der Waals surface area (Å²) in [5, 5.41) is 8.90. The fraction of sp³-hybridized carbons (Fsp3) is 0.625. The number of rotatable bonds is 4. The molecule has 1 aromatic rings. The first-order valence-corrected chi connectivity index (χ1v) is 7.51. The normalized spacial score (nSPS) is 23.9. The Hall–Kier alpha value is -1.20. The van der Waals surface area contributed by atoms with Crippen molar-refractivity contribution in [3.05, 3.63) is 29.3 Å². The van der Waals surface area contributed by atoms with Gasteiger partial charge in [-0.3, -0.25) is 0 Å². The van der Waals surface area contributed by atoms with Crippen molar-refractivity contribution < 1.29 is 23.4 Å². The van der Waals surface area contributed by atoms with Crippen molar-refractivity contribution in [1.82, 2.24) is 0 Å². The Balaban J connectivity index is 1.61. The van der Waals surface area contributed by atoms with E-state index in [-0.39, 0.29) is 29.6 Å². The first-order valence-electron chi connectivity index (χ1n) is 7.51. The zero-order valence-corrected chi connectivity index (χ0v) is 11.9. The average molecular weight is 298 g/mol. The zero-order valence-electron chi connectivity index (χ0n) is 11.9. The van der Waals surface area contributed by atoms with Crippen LogP contribution in [0.4, 0.5) is 8.78 Å². The molecule has 2 fully saturated rings. The van der Waals surface area contributed by atoms with E-state index in [1.165, 1.54) is 12.8 Å². The van der Waals surface area contributed by atoms with E-state index in [9.17, 15) is 8.78 Å². The number of aliphatic hydroxyl groups is 1. The third-order valence-corrected chi connectivity index (χ3v) is 4.51. The molecule has 1 heterocycles. The van der Waals surface area contributed by atoms with Crippen LogP contribution in [0.15, 0.2) is 12.1 Å². The minimum atomic E-state index is -0.785. The van der Waals surface area contributed by atoms with Gasteiger partial charge in [-0.2, -0.15) is 0 Å². The summed E-state index contributed by atoms with van der Waals surface area (Å²) in [6.45, 7) is -0.240. The molecular formula is C16H20F2O3. The van der Waals surface area contributed by atoms with E-state index < -0.39 is 18.2 Å². The molecule has 0 amide bonds. The lowest BCUT2D eigenvalue weighted by Crippen LogP contribution is -2.27. The third kappa shape index (κ3) is 3.04.